The van der Waals surface area contributed by atoms with Crippen molar-refractivity contribution in [3.63, 3.8) is 0 Å². The van der Waals surface area contributed by atoms with Crippen LogP contribution in [0.3, 0.4) is 0 Å². The third-order valence-corrected chi connectivity index (χ3v) is 5.57. The molecule has 152 valence electrons. The van der Waals surface area contributed by atoms with Gasteiger partial charge in [0.1, 0.15) is 0 Å². The summed E-state index contributed by atoms with van der Waals surface area (Å²) in [4.78, 5) is 23.4. The van der Waals surface area contributed by atoms with Crippen molar-refractivity contribution in [2.45, 2.75) is 32.7 Å². The number of carbonyl (C=O) groups is 1. The van der Waals surface area contributed by atoms with Crippen molar-refractivity contribution in [3.05, 3.63) is 0 Å². The number of esters is 1. The van der Waals surface area contributed by atoms with E-state index in [4.69, 9.17) is 4.74 Å². The van der Waals surface area contributed by atoms with Gasteiger partial charge < -0.3 is 19.9 Å². The summed E-state index contributed by atoms with van der Waals surface area (Å²) in [7, 11) is 3.30. The maximum Gasteiger partial charge on any atom is 0.308 e. The van der Waals surface area contributed by atoms with Crippen LogP contribution in [0.5, 0.6) is 0 Å². The van der Waals surface area contributed by atoms with Gasteiger partial charge in [0.2, 0.25) is 0 Å². The van der Waals surface area contributed by atoms with Crippen molar-refractivity contribution in [3.8, 4) is 0 Å². The lowest BCUT2D eigenvalue weighted by molar-refractivity contribution is -0.146. The highest BCUT2D eigenvalue weighted by molar-refractivity contribution is 14.0. The second-order valence-electron chi connectivity index (χ2n) is 7.03. The van der Waals surface area contributed by atoms with Gasteiger partial charge in [0.15, 0.2) is 5.96 Å². The van der Waals surface area contributed by atoms with Crippen LogP contribution in [-0.2, 0) is 9.53 Å². The van der Waals surface area contributed by atoms with Gasteiger partial charge in [0.05, 0.1) is 13.0 Å². The Balaban J connectivity index is 0.00000338. The Bertz CT molecular complexity index is 447. The first-order chi connectivity index (χ1) is 12.1. The molecule has 2 saturated heterocycles. The van der Waals surface area contributed by atoms with E-state index in [2.05, 4.69) is 38.9 Å². The number of nitrogens with one attached hydrogen (secondary N) is 1. The SMILES string of the molecule is CCN1CCN(C(C)CNC(=NC)N2CCC(C(=O)OC)CC2)CC1.I. The van der Waals surface area contributed by atoms with Crippen molar-refractivity contribution < 1.29 is 9.53 Å². The molecule has 0 saturated carbocycles. The highest BCUT2D eigenvalue weighted by Crippen LogP contribution is 2.18. The highest BCUT2D eigenvalue weighted by Gasteiger charge is 2.27. The largest absolute Gasteiger partial charge is 0.469 e. The van der Waals surface area contributed by atoms with E-state index >= 15 is 0 Å². The van der Waals surface area contributed by atoms with Crippen molar-refractivity contribution >= 4 is 35.9 Å². The second-order valence-corrected chi connectivity index (χ2v) is 7.03. The van der Waals surface area contributed by atoms with E-state index < -0.39 is 0 Å². The van der Waals surface area contributed by atoms with Gasteiger partial charge in [-0.2, -0.15) is 0 Å². The van der Waals surface area contributed by atoms with E-state index in [1.165, 1.54) is 7.11 Å². The highest BCUT2D eigenvalue weighted by atomic mass is 127. The van der Waals surface area contributed by atoms with Gasteiger partial charge in [-0.15, -0.1) is 24.0 Å². The molecule has 2 rings (SSSR count). The average molecular weight is 481 g/mol. The van der Waals surface area contributed by atoms with E-state index in [1.54, 1.807) is 0 Å². The molecule has 0 aromatic heterocycles. The molecule has 7 nitrogen and oxygen atoms in total. The quantitative estimate of drug-likeness (QED) is 0.275. The Morgan fingerprint density at radius 3 is 2.31 bits per heavy atom. The molecule has 0 amide bonds. The predicted octanol–water partition coefficient (Wildman–Crippen LogP) is 1.09. The summed E-state index contributed by atoms with van der Waals surface area (Å²) in [5.74, 6) is 0.901. The van der Waals surface area contributed by atoms with Crippen molar-refractivity contribution in [1.82, 2.24) is 20.0 Å². The smallest absolute Gasteiger partial charge is 0.308 e. The van der Waals surface area contributed by atoms with Crippen LogP contribution in [0.2, 0.25) is 0 Å². The summed E-state index contributed by atoms with van der Waals surface area (Å²) < 4.78 is 4.86. The van der Waals surface area contributed by atoms with Crippen LogP contribution in [0.4, 0.5) is 0 Å². The van der Waals surface area contributed by atoms with Gasteiger partial charge in [-0.3, -0.25) is 14.7 Å². The number of hydrogen-bond acceptors (Lipinski definition) is 5. The number of piperazine rings is 1. The topological polar surface area (TPSA) is 60.4 Å². The maximum atomic E-state index is 11.7. The molecule has 1 atom stereocenters. The number of carbonyl (C=O) groups excluding carboxylic acids is 1. The molecule has 8 heteroatoms. The standard InChI is InChI=1S/C18H35N5O2.HI/c1-5-21-10-12-22(13-11-21)15(2)14-20-18(19-3)23-8-6-16(7-9-23)17(24)25-4;/h15-16H,5-14H2,1-4H3,(H,19,20);1H. The first-order valence-electron chi connectivity index (χ1n) is 9.58. The molecular weight excluding hydrogens is 445 g/mol. The molecule has 2 aliphatic rings. The number of likely N-dealkylation sites (N-methyl/N-ethyl adjacent to an activating group) is 1. The third kappa shape index (κ3) is 6.53. The lowest BCUT2D eigenvalue weighted by Crippen LogP contribution is -2.54. The van der Waals surface area contributed by atoms with Crippen LogP contribution in [0.25, 0.3) is 0 Å². The van der Waals surface area contributed by atoms with Gasteiger partial charge in [-0.05, 0) is 26.3 Å². The first-order valence-corrected chi connectivity index (χ1v) is 9.58. The maximum absolute atomic E-state index is 11.7. The van der Waals surface area contributed by atoms with Crippen LogP contribution in [0, 0.1) is 5.92 Å². The number of nitrogens with zero attached hydrogens (tertiary/aromatic N) is 4. The number of aliphatic imine (C=N–C) groups is 1. The molecule has 0 aromatic rings. The fourth-order valence-electron chi connectivity index (χ4n) is 3.71. The van der Waals surface area contributed by atoms with E-state index in [0.717, 1.165) is 71.2 Å². The molecule has 2 heterocycles. The van der Waals surface area contributed by atoms with E-state index in [0.29, 0.717) is 6.04 Å². The summed E-state index contributed by atoms with van der Waals surface area (Å²) in [6, 6.07) is 0.489. The minimum absolute atomic E-state index is 0. The molecule has 0 bridgehead atoms. The molecule has 0 aromatic carbocycles. The molecule has 0 radical (unpaired) electrons. The number of guanidine groups is 1. The van der Waals surface area contributed by atoms with Crippen molar-refractivity contribution in [2.24, 2.45) is 10.9 Å². The molecule has 2 aliphatic heterocycles. The zero-order chi connectivity index (χ0) is 18.2. The first kappa shape index (κ1) is 23.4. The number of rotatable bonds is 5. The summed E-state index contributed by atoms with van der Waals surface area (Å²) in [6.07, 6.45) is 1.67. The Labute approximate surface area is 175 Å². The summed E-state index contributed by atoms with van der Waals surface area (Å²) in [5, 5.41) is 3.52. The van der Waals surface area contributed by atoms with Gasteiger partial charge >= 0.3 is 5.97 Å². The Morgan fingerprint density at radius 2 is 1.81 bits per heavy atom. The van der Waals surface area contributed by atoms with Crippen LogP contribution in [0.1, 0.15) is 26.7 Å². The fraction of sp³-hybridized carbons (Fsp3) is 0.889. The number of hydrogen-bond donors (Lipinski definition) is 1. The molecule has 0 aliphatic carbocycles. The lowest BCUT2D eigenvalue weighted by atomic mass is 9.97. The predicted molar refractivity (Wildman–Crippen MR) is 116 cm³/mol. The zero-order valence-corrected chi connectivity index (χ0v) is 19.1. The monoisotopic (exact) mass is 481 g/mol. The minimum atomic E-state index is -0.0811. The van der Waals surface area contributed by atoms with E-state index in [1.807, 2.05) is 7.05 Å². The van der Waals surface area contributed by atoms with Gasteiger partial charge in [-0.25, -0.2) is 0 Å². The third-order valence-electron chi connectivity index (χ3n) is 5.57. The molecule has 0 spiro atoms. The Hall–Kier alpha value is -0.610. The fourth-order valence-corrected chi connectivity index (χ4v) is 3.71. The number of methoxy groups -OCH3 is 1. The number of halogens is 1. The van der Waals surface area contributed by atoms with Crippen LogP contribution in [0.15, 0.2) is 4.99 Å². The van der Waals surface area contributed by atoms with Crippen LogP contribution >= 0.6 is 24.0 Å². The molecule has 1 unspecified atom stereocenters. The number of piperidine rings is 1. The van der Waals surface area contributed by atoms with Gasteiger partial charge in [0.25, 0.3) is 0 Å². The molecule has 1 N–H and O–H groups in total. The van der Waals surface area contributed by atoms with Crippen LogP contribution < -0.4 is 5.32 Å². The number of likely N-dealkylation sites (tertiary alicyclic amines) is 1. The van der Waals surface area contributed by atoms with Crippen molar-refractivity contribution in [2.75, 3.05) is 66.5 Å². The summed E-state index contributed by atoms with van der Waals surface area (Å²) >= 11 is 0. The lowest BCUT2D eigenvalue weighted by Gasteiger charge is -2.38. The normalized spacial score (nSPS) is 21.8. The zero-order valence-electron chi connectivity index (χ0n) is 16.7. The Morgan fingerprint density at radius 1 is 1.19 bits per heavy atom. The average Bonchev–Trinajstić information content (AvgIpc) is 2.68. The summed E-state index contributed by atoms with van der Waals surface area (Å²) in [5.41, 5.74) is 0. The van der Waals surface area contributed by atoms with Crippen molar-refractivity contribution in [1.29, 1.82) is 0 Å². The summed E-state index contributed by atoms with van der Waals surface area (Å²) in [6.45, 7) is 12.9. The number of ether oxygens (including phenoxy) is 1. The molecule has 2 fully saturated rings. The van der Waals surface area contributed by atoms with Crippen LogP contribution in [-0.4, -0.2) is 99.2 Å². The van der Waals surface area contributed by atoms with E-state index in [-0.39, 0.29) is 35.9 Å². The molecular formula is C18H36IN5O2. The minimum Gasteiger partial charge on any atom is -0.469 e. The second kappa shape index (κ2) is 12.0. The van der Waals surface area contributed by atoms with Gasteiger partial charge in [0, 0.05) is 58.9 Å². The van der Waals surface area contributed by atoms with E-state index in [9.17, 15) is 4.79 Å². The Kier molecular flexibility index (Phi) is 10.8. The van der Waals surface area contributed by atoms with Gasteiger partial charge in [-0.1, -0.05) is 6.92 Å². The molecule has 26 heavy (non-hydrogen) atoms.